The van der Waals surface area contributed by atoms with Gasteiger partial charge in [0.1, 0.15) is 17.1 Å². The number of hydrogen-bond acceptors (Lipinski definition) is 4. The highest BCUT2D eigenvalue weighted by Gasteiger charge is 2.23. The molecule has 108 valence electrons. The van der Waals surface area contributed by atoms with Gasteiger partial charge in [-0.15, -0.1) is 0 Å². The third-order valence-corrected chi connectivity index (χ3v) is 3.23. The van der Waals surface area contributed by atoms with Crippen LogP contribution < -0.4 is 11.1 Å². The van der Waals surface area contributed by atoms with Crippen molar-refractivity contribution in [1.29, 1.82) is 0 Å². The number of anilines is 2. The number of nitrogens with two attached hydrogens (primary N) is 1. The van der Waals surface area contributed by atoms with Gasteiger partial charge in [0.25, 0.3) is 11.6 Å². The summed E-state index contributed by atoms with van der Waals surface area (Å²) in [7, 11) is 0. The van der Waals surface area contributed by atoms with Gasteiger partial charge in [-0.2, -0.15) is 0 Å². The topological polar surface area (TPSA) is 98.3 Å². The highest BCUT2D eigenvalue weighted by Crippen LogP contribution is 2.28. The minimum absolute atomic E-state index is 0.411. The number of nitrogen functional groups attached to an aromatic ring is 1. The quantitative estimate of drug-likeness (QED) is 0.502. The number of nitrogens with one attached hydrogen (secondary N) is 1. The third kappa shape index (κ3) is 3.16. The van der Waals surface area contributed by atoms with Crippen molar-refractivity contribution in [3.05, 3.63) is 62.4 Å². The van der Waals surface area contributed by atoms with Gasteiger partial charge in [-0.25, -0.2) is 4.39 Å². The van der Waals surface area contributed by atoms with Crippen LogP contribution in [-0.2, 0) is 0 Å². The van der Waals surface area contributed by atoms with Gasteiger partial charge in [-0.05, 0) is 30.3 Å². The van der Waals surface area contributed by atoms with E-state index in [4.69, 9.17) is 5.73 Å². The molecule has 2 rings (SSSR count). The lowest BCUT2D eigenvalue weighted by atomic mass is 10.1. The number of rotatable bonds is 3. The molecule has 0 aromatic heterocycles. The van der Waals surface area contributed by atoms with Gasteiger partial charge in [-0.3, -0.25) is 14.9 Å². The summed E-state index contributed by atoms with van der Waals surface area (Å²) in [6.45, 7) is 0. The zero-order valence-corrected chi connectivity index (χ0v) is 12.1. The summed E-state index contributed by atoms with van der Waals surface area (Å²) < 4.78 is 14.5. The zero-order chi connectivity index (χ0) is 15.6. The average molecular weight is 354 g/mol. The van der Waals surface area contributed by atoms with Crippen molar-refractivity contribution < 1.29 is 14.1 Å². The molecule has 0 aliphatic carbocycles. The monoisotopic (exact) mass is 353 g/mol. The third-order valence-electron chi connectivity index (χ3n) is 2.70. The van der Waals surface area contributed by atoms with Gasteiger partial charge in [0.15, 0.2) is 0 Å². The van der Waals surface area contributed by atoms with Gasteiger partial charge in [-0.1, -0.05) is 15.9 Å². The number of halogens is 2. The highest BCUT2D eigenvalue weighted by molar-refractivity contribution is 9.10. The Morgan fingerprint density at radius 1 is 1.24 bits per heavy atom. The number of nitrogens with zero attached hydrogens (tertiary/aromatic N) is 1. The fourth-order valence-corrected chi connectivity index (χ4v) is 1.96. The van der Waals surface area contributed by atoms with Gasteiger partial charge in [0.2, 0.25) is 0 Å². The van der Waals surface area contributed by atoms with Crippen LogP contribution in [0.25, 0.3) is 0 Å². The standard InChI is InChI=1S/C13H9BrFN3O3/c14-7-1-3-8(4-2-7)17-13(19)11-9(15)5-6-10(12(11)16)18(20)21/h1-6H,16H2,(H,17,19). The van der Waals surface area contributed by atoms with Crippen molar-refractivity contribution in [2.45, 2.75) is 0 Å². The molecule has 0 atom stereocenters. The zero-order valence-electron chi connectivity index (χ0n) is 10.5. The van der Waals surface area contributed by atoms with E-state index in [2.05, 4.69) is 21.2 Å². The molecule has 0 saturated carbocycles. The SMILES string of the molecule is Nc1c([N+](=O)[O-])ccc(F)c1C(=O)Nc1ccc(Br)cc1. The van der Waals surface area contributed by atoms with E-state index >= 15 is 0 Å². The van der Waals surface area contributed by atoms with E-state index in [-0.39, 0.29) is 0 Å². The Kier molecular flexibility index (Phi) is 4.18. The molecule has 0 spiro atoms. The molecule has 2 aromatic carbocycles. The second kappa shape index (κ2) is 5.88. The van der Waals surface area contributed by atoms with Gasteiger partial charge in [0, 0.05) is 16.2 Å². The molecular formula is C13H9BrFN3O3. The van der Waals surface area contributed by atoms with Crippen molar-refractivity contribution >= 4 is 38.9 Å². The second-order valence-electron chi connectivity index (χ2n) is 4.07. The molecule has 3 N–H and O–H groups in total. The summed E-state index contributed by atoms with van der Waals surface area (Å²) in [6.07, 6.45) is 0. The Labute approximate surface area is 127 Å². The number of nitro groups is 1. The summed E-state index contributed by atoms with van der Waals surface area (Å²) in [5.41, 5.74) is 4.35. The van der Waals surface area contributed by atoms with Crippen LogP contribution in [-0.4, -0.2) is 10.8 Å². The predicted molar refractivity (Wildman–Crippen MR) is 79.6 cm³/mol. The Balaban J connectivity index is 2.37. The van der Waals surface area contributed by atoms with Crippen LogP contribution in [0.1, 0.15) is 10.4 Å². The summed E-state index contributed by atoms with van der Waals surface area (Å²) in [5.74, 6) is -1.77. The van der Waals surface area contributed by atoms with E-state index in [0.717, 1.165) is 16.6 Å². The minimum Gasteiger partial charge on any atom is -0.392 e. The molecule has 1 amide bonds. The normalized spacial score (nSPS) is 10.2. The van der Waals surface area contributed by atoms with Crippen LogP contribution in [0.2, 0.25) is 0 Å². The Morgan fingerprint density at radius 3 is 2.43 bits per heavy atom. The van der Waals surface area contributed by atoms with E-state index in [0.29, 0.717) is 5.69 Å². The smallest absolute Gasteiger partial charge is 0.293 e. The maximum Gasteiger partial charge on any atom is 0.293 e. The van der Waals surface area contributed by atoms with E-state index < -0.39 is 33.6 Å². The lowest BCUT2D eigenvalue weighted by Gasteiger charge is -2.09. The predicted octanol–water partition coefficient (Wildman–Crippen LogP) is 3.33. The molecule has 0 heterocycles. The largest absolute Gasteiger partial charge is 0.392 e. The summed E-state index contributed by atoms with van der Waals surface area (Å²) in [5, 5.41) is 13.2. The lowest BCUT2D eigenvalue weighted by molar-refractivity contribution is -0.384. The van der Waals surface area contributed by atoms with Gasteiger partial charge >= 0.3 is 0 Å². The van der Waals surface area contributed by atoms with Crippen molar-refractivity contribution in [2.75, 3.05) is 11.1 Å². The van der Waals surface area contributed by atoms with Gasteiger partial charge < -0.3 is 11.1 Å². The van der Waals surface area contributed by atoms with Crippen LogP contribution in [0.5, 0.6) is 0 Å². The summed E-state index contributed by atoms with van der Waals surface area (Å²) in [6, 6.07) is 8.30. The molecule has 0 saturated heterocycles. The van der Waals surface area contributed by atoms with Crippen LogP contribution in [0, 0.1) is 15.9 Å². The molecule has 6 nitrogen and oxygen atoms in total. The lowest BCUT2D eigenvalue weighted by Crippen LogP contribution is -2.17. The molecule has 2 aromatic rings. The molecule has 0 aliphatic heterocycles. The number of hydrogen-bond donors (Lipinski definition) is 2. The maximum absolute atomic E-state index is 13.7. The Bertz CT molecular complexity index is 719. The van der Waals surface area contributed by atoms with E-state index in [1.807, 2.05) is 0 Å². The number of carbonyl (C=O) groups is 1. The van der Waals surface area contributed by atoms with Gasteiger partial charge in [0.05, 0.1) is 4.92 Å². The number of carbonyl (C=O) groups excluding carboxylic acids is 1. The van der Waals surface area contributed by atoms with E-state index in [1.54, 1.807) is 24.3 Å². The minimum atomic E-state index is -0.923. The second-order valence-corrected chi connectivity index (χ2v) is 4.99. The van der Waals surface area contributed by atoms with Crippen molar-refractivity contribution in [3.8, 4) is 0 Å². The van der Waals surface area contributed by atoms with Crippen molar-refractivity contribution in [3.63, 3.8) is 0 Å². The molecule has 0 fully saturated rings. The average Bonchev–Trinajstić information content (AvgIpc) is 2.41. The van der Waals surface area contributed by atoms with Crippen molar-refractivity contribution in [2.24, 2.45) is 0 Å². The number of nitro benzene ring substituents is 1. The number of amides is 1. The van der Waals surface area contributed by atoms with Crippen LogP contribution in [0.3, 0.4) is 0 Å². The molecule has 0 unspecified atom stereocenters. The number of benzene rings is 2. The first kappa shape index (κ1) is 14.9. The molecule has 0 aliphatic rings. The van der Waals surface area contributed by atoms with Crippen LogP contribution in [0.15, 0.2) is 40.9 Å². The fraction of sp³-hybridized carbons (Fsp3) is 0. The van der Waals surface area contributed by atoms with Crippen LogP contribution in [0.4, 0.5) is 21.5 Å². The Hall–Kier alpha value is -2.48. The van der Waals surface area contributed by atoms with E-state index in [1.165, 1.54) is 0 Å². The molecule has 0 radical (unpaired) electrons. The van der Waals surface area contributed by atoms with Crippen LogP contribution >= 0.6 is 15.9 Å². The summed E-state index contributed by atoms with van der Waals surface area (Å²) >= 11 is 3.24. The molecule has 0 bridgehead atoms. The van der Waals surface area contributed by atoms with Crippen molar-refractivity contribution in [1.82, 2.24) is 0 Å². The fourth-order valence-electron chi connectivity index (χ4n) is 1.70. The first-order valence-corrected chi connectivity index (χ1v) is 6.48. The Morgan fingerprint density at radius 2 is 1.86 bits per heavy atom. The first-order chi connectivity index (χ1) is 9.90. The first-order valence-electron chi connectivity index (χ1n) is 5.69. The summed E-state index contributed by atoms with van der Waals surface area (Å²) in [4.78, 5) is 22.0. The van der Waals surface area contributed by atoms with E-state index in [9.17, 15) is 19.3 Å². The maximum atomic E-state index is 13.7. The molecule has 21 heavy (non-hydrogen) atoms. The molecular weight excluding hydrogens is 345 g/mol. The highest BCUT2D eigenvalue weighted by atomic mass is 79.9. The molecule has 8 heteroatoms.